The summed E-state index contributed by atoms with van der Waals surface area (Å²) in [5.74, 6) is 1.24. The molecule has 0 aliphatic carbocycles. The fourth-order valence-corrected chi connectivity index (χ4v) is 3.06. The van der Waals surface area contributed by atoms with Gasteiger partial charge in [0, 0.05) is 23.0 Å². The summed E-state index contributed by atoms with van der Waals surface area (Å²) in [5, 5.41) is 4.74. The van der Waals surface area contributed by atoms with Gasteiger partial charge < -0.3 is 10.3 Å². The minimum atomic E-state index is 0.368. The van der Waals surface area contributed by atoms with E-state index >= 15 is 0 Å². The second kappa shape index (κ2) is 6.47. The Kier molecular flexibility index (Phi) is 3.80. The Labute approximate surface area is 164 Å². The third kappa shape index (κ3) is 2.87. The fourth-order valence-electron chi connectivity index (χ4n) is 2.93. The van der Waals surface area contributed by atoms with Gasteiger partial charge in [0.05, 0.1) is 6.20 Å². The van der Waals surface area contributed by atoms with Crippen LogP contribution < -0.4 is 5.73 Å². The van der Waals surface area contributed by atoms with E-state index in [1.54, 1.807) is 24.5 Å². The van der Waals surface area contributed by atoms with Gasteiger partial charge in [0.1, 0.15) is 17.2 Å². The molecule has 4 heterocycles. The highest BCUT2D eigenvalue weighted by Crippen LogP contribution is 2.26. The molecule has 2 N–H and O–H groups in total. The maximum Gasteiger partial charge on any atom is 0.276 e. The molecular weight excluding hydrogens is 376 g/mol. The number of nitrogen functional groups attached to an aromatic ring is 1. The molecule has 0 saturated heterocycles. The molecule has 8 heteroatoms. The molecule has 0 radical (unpaired) electrons. The third-order valence-electron chi connectivity index (χ3n) is 4.37. The molecule has 136 valence electrons. The van der Waals surface area contributed by atoms with Crippen molar-refractivity contribution >= 4 is 23.1 Å². The van der Waals surface area contributed by atoms with Crippen molar-refractivity contribution in [2.75, 3.05) is 5.73 Å². The van der Waals surface area contributed by atoms with Gasteiger partial charge in [0.2, 0.25) is 5.82 Å². The Hall–Kier alpha value is -3.71. The molecule has 0 spiro atoms. The lowest BCUT2D eigenvalue weighted by atomic mass is 10.1. The average Bonchev–Trinajstić information content (AvgIpc) is 3.35. The molecule has 4 aromatic heterocycles. The zero-order chi connectivity index (χ0) is 19.1. The van der Waals surface area contributed by atoms with Crippen LogP contribution in [0.3, 0.4) is 0 Å². The van der Waals surface area contributed by atoms with Crippen molar-refractivity contribution in [1.82, 2.24) is 24.5 Å². The smallest absolute Gasteiger partial charge is 0.276 e. The minimum Gasteiger partial charge on any atom is -0.384 e. The first kappa shape index (κ1) is 16.5. The first-order valence-electron chi connectivity index (χ1n) is 8.46. The van der Waals surface area contributed by atoms with Crippen LogP contribution >= 0.6 is 11.6 Å². The SMILES string of the molecule is Nc1ccc(-c2noc(-c3cnc4ccc(-c5ccc(Cl)cc5)cn34)n2)cn1. The molecule has 0 bridgehead atoms. The van der Waals surface area contributed by atoms with E-state index in [-0.39, 0.29) is 0 Å². The summed E-state index contributed by atoms with van der Waals surface area (Å²) in [6.07, 6.45) is 5.30. The molecule has 0 aliphatic rings. The number of hydrogen-bond donors (Lipinski definition) is 1. The highest BCUT2D eigenvalue weighted by Gasteiger charge is 2.15. The van der Waals surface area contributed by atoms with Gasteiger partial charge in [-0.2, -0.15) is 4.98 Å². The highest BCUT2D eigenvalue weighted by molar-refractivity contribution is 6.30. The Bertz CT molecular complexity index is 1270. The van der Waals surface area contributed by atoms with Crippen LogP contribution in [0.25, 0.3) is 39.7 Å². The van der Waals surface area contributed by atoms with E-state index in [9.17, 15) is 0 Å². The standard InChI is InChI=1S/C20H13ClN6O/c21-15-5-1-12(2-6-15)14-4-8-18-24-10-16(27(18)11-14)20-25-19(26-28-20)13-3-7-17(22)23-9-13/h1-11H,(H2,22,23). The van der Waals surface area contributed by atoms with E-state index in [2.05, 4.69) is 20.1 Å². The predicted molar refractivity (Wildman–Crippen MR) is 107 cm³/mol. The van der Waals surface area contributed by atoms with Gasteiger partial charge in [0.25, 0.3) is 5.89 Å². The molecule has 1 aromatic carbocycles. The maximum absolute atomic E-state index is 5.99. The third-order valence-corrected chi connectivity index (χ3v) is 4.62. The molecule has 0 aliphatic heterocycles. The number of nitrogens with two attached hydrogens (primary N) is 1. The van der Waals surface area contributed by atoms with E-state index in [0.717, 1.165) is 22.3 Å². The zero-order valence-electron chi connectivity index (χ0n) is 14.5. The number of fused-ring (bicyclic) bond motifs is 1. The van der Waals surface area contributed by atoms with Crippen LogP contribution in [0, 0.1) is 0 Å². The summed E-state index contributed by atoms with van der Waals surface area (Å²) in [6.45, 7) is 0. The molecule has 7 nitrogen and oxygen atoms in total. The van der Waals surface area contributed by atoms with E-state index in [1.165, 1.54) is 0 Å². The number of benzene rings is 1. The number of halogens is 1. The number of rotatable bonds is 3. The Morgan fingerprint density at radius 2 is 1.64 bits per heavy atom. The maximum atomic E-state index is 5.99. The zero-order valence-corrected chi connectivity index (χ0v) is 15.2. The summed E-state index contributed by atoms with van der Waals surface area (Å²) in [7, 11) is 0. The second-order valence-electron chi connectivity index (χ2n) is 6.19. The molecule has 0 unspecified atom stereocenters. The number of aromatic nitrogens is 5. The number of nitrogens with zero attached hydrogens (tertiary/aromatic N) is 5. The molecule has 5 rings (SSSR count). The predicted octanol–water partition coefficient (Wildman–Crippen LogP) is 4.35. The second-order valence-corrected chi connectivity index (χ2v) is 6.63. The van der Waals surface area contributed by atoms with E-state index in [1.807, 2.05) is 47.0 Å². The molecule has 0 amide bonds. The van der Waals surface area contributed by atoms with E-state index in [4.69, 9.17) is 21.9 Å². The van der Waals surface area contributed by atoms with Crippen LogP contribution in [0.1, 0.15) is 0 Å². The monoisotopic (exact) mass is 388 g/mol. The van der Waals surface area contributed by atoms with Crippen LogP contribution in [0.5, 0.6) is 0 Å². The number of hydrogen-bond acceptors (Lipinski definition) is 6. The topological polar surface area (TPSA) is 95.1 Å². The van der Waals surface area contributed by atoms with Gasteiger partial charge in [0.15, 0.2) is 0 Å². The van der Waals surface area contributed by atoms with Crippen LogP contribution in [0.4, 0.5) is 5.82 Å². The molecular formula is C20H13ClN6O. The van der Waals surface area contributed by atoms with Crippen molar-refractivity contribution in [3.8, 4) is 34.1 Å². The molecule has 28 heavy (non-hydrogen) atoms. The van der Waals surface area contributed by atoms with Gasteiger partial charge in [-0.15, -0.1) is 0 Å². The van der Waals surface area contributed by atoms with E-state index in [0.29, 0.717) is 28.2 Å². The van der Waals surface area contributed by atoms with Crippen LogP contribution in [-0.2, 0) is 0 Å². The lowest BCUT2D eigenvalue weighted by molar-refractivity contribution is 0.430. The van der Waals surface area contributed by atoms with Crippen molar-refractivity contribution in [3.63, 3.8) is 0 Å². The van der Waals surface area contributed by atoms with Gasteiger partial charge >= 0.3 is 0 Å². The summed E-state index contributed by atoms with van der Waals surface area (Å²) < 4.78 is 7.38. The number of pyridine rings is 2. The lowest BCUT2D eigenvalue weighted by Crippen LogP contribution is -1.91. The van der Waals surface area contributed by atoms with Crippen molar-refractivity contribution in [2.24, 2.45) is 0 Å². The summed E-state index contributed by atoms with van der Waals surface area (Å²) >= 11 is 5.99. The van der Waals surface area contributed by atoms with Crippen molar-refractivity contribution in [1.29, 1.82) is 0 Å². The molecule has 0 saturated carbocycles. The first-order chi connectivity index (χ1) is 13.7. The van der Waals surface area contributed by atoms with Crippen LogP contribution in [0.2, 0.25) is 5.02 Å². The normalized spacial score (nSPS) is 11.2. The Morgan fingerprint density at radius 1 is 0.857 bits per heavy atom. The number of imidazole rings is 1. The summed E-state index contributed by atoms with van der Waals surface area (Å²) in [6, 6.07) is 15.1. The average molecular weight is 389 g/mol. The number of anilines is 1. The largest absolute Gasteiger partial charge is 0.384 e. The van der Waals surface area contributed by atoms with Crippen molar-refractivity contribution < 1.29 is 4.52 Å². The Balaban J connectivity index is 1.57. The summed E-state index contributed by atoms with van der Waals surface area (Å²) in [4.78, 5) is 13.0. The quantitative estimate of drug-likeness (QED) is 0.493. The minimum absolute atomic E-state index is 0.368. The summed E-state index contributed by atoms with van der Waals surface area (Å²) in [5.41, 5.74) is 9.89. The van der Waals surface area contributed by atoms with Crippen LogP contribution in [0.15, 0.2) is 71.6 Å². The Morgan fingerprint density at radius 3 is 2.43 bits per heavy atom. The van der Waals surface area contributed by atoms with Crippen molar-refractivity contribution in [3.05, 3.63) is 72.1 Å². The van der Waals surface area contributed by atoms with Crippen molar-refractivity contribution in [2.45, 2.75) is 0 Å². The van der Waals surface area contributed by atoms with Gasteiger partial charge in [-0.3, -0.25) is 4.40 Å². The van der Waals surface area contributed by atoms with Crippen LogP contribution in [-0.4, -0.2) is 24.5 Å². The van der Waals surface area contributed by atoms with Gasteiger partial charge in [-0.1, -0.05) is 28.9 Å². The van der Waals surface area contributed by atoms with E-state index < -0.39 is 0 Å². The lowest BCUT2D eigenvalue weighted by Gasteiger charge is -2.04. The molecule has 0 fully saturated rings. The van der Waals surface area contributed by atoms with Gasteiger partial charge in [-0.05, 0) is 47.5 Å². The highest BCUT2D eigenvalue weighted by atomic mass is 35.5. The first-order valence-corrected chi connectivity index (χ1v) is 8.84. The molecule has 5 aromatic rings. The van der Waals surface area contributed by atoms with Gasteiger partial charge in [-0.25, -0.2) is 9.97 Å². The fraction of sp³-hybridized carbons (Fsp3) is 0. The molecule has 0 atom stereocenters.